The number of hydrogen-bond donors (Lipinski definition) is 0. The normalized spacial score (nSPS) is 13.7. The number of halogens is 2. The summed E-state index contributed by atoms with van der Waals surface area (Å²) in [5, 5.41) is 0. The van der Waals surface area contributed by atoms with Crippen LogP contribution in [0.1, 0.15) is 51.7 Å². The lowest BCUT2D eigenvalue weighted by atomic mass is 9.99. The monoisotopic (exact) mass is 422 g/mol. The van der Waals surface area contributed by atoms with E-state index >= 15 is 0 Å². The predicted molar refractivity (Wildman–Crippen MR) is 108 cm³/mol. The molecule has 0 radical (unpaired) electrons. The number of rotatable bonds is 2. The van der Waals surface area contributed by atoms with Crippen LogP contribution >= 0.6 is 11.7 Å². The number of aromatic nitrogens is 4. The molecule has 0 unspecified atom stereocenters. The second-order valence-electron chi connectivity index (χ2n) is 7.27. The summed E-state index contributed by atoms with van der Waals surface area (Å²) >= 11 is 1.10. The zero-order chi connectivity index (χ0) is 21.2. The van der Waals surface area contributed by atoms with Crippen LogP contribution in [0, 0.1) is 11.6 Å². The Morgan fingerprint density at radius 2 is 1.60 bits per heavy atom. The van der Waals surface area contributed by atoms with Crippen LogP contribution in [-0.2, 0) is 0 Å². The molecule has 0 N–H and O–H groups in total. The number of allylic oxidation sites excluding steroid dienone is 1. The van der Waals surface area contributed by atoms with Crippen molar-refractivity contribution in [3.63, 3.8) is 0 Å². The minimum absolute atomic E-state index is 0.135. The SMILES string of the molecule is CC(C)c1c2ncc(C=C3C(=O)c4cc(F)c(F)cc4C3=O)nc2cc2nsnc12. The Hall–Kier alpha value is -3.46. The molecule has 0 saturated heterocycles. The quantitative estimate of drug-likeness (QED) is 0.349. The summed E-state index contributed by atoms with van der Waals surface area (Å²) in [7, 11) is 0. The van der Waals surface area contributed by atoms with Gasteiger partial charge in [0.05, 0.1) is 40.2 Å². The molecule has 0 bridgehead atoms. The summed E-state index contributed by atoms with van der Waals surface area (Å²) < 4.78 is 35.7. The van der Waals surface area contributed by atoms with E-state index in [1.165, 1.54) is 12.3 Å². The Morgan fingerprint density at radius 1 is 0.933 bits per heavy atom. The third-order valence-corrected chi connectivity index (χ3v) is 5.57. The van der Waals surface area contributed by atoms with Crippen LogP contribution in [0.15, 0.2) is 30.0 Å². The number of benzene rings is 2. The van der Waals surface area contributed by atoms with Gasteiger partial charge in [0, 0.05) is 16.7 Å². The van der Waals surface area contributed by atoms with Crippen molar-refractivity contribution < 1.29 is 18.4 Å². The zero-order valence-corrected chi connectivity index (χ0v) is 16.6. The molecule has 0 saturated carbocycles. The Balaban J connectivity index is 1.66. The van der Waals surface area contributed by atoms with Crippen LogP contribution in [0.3, 0.4) is 0 Å². The average Bonchev–Trinajstić information content (AvgIpc) is 3.25. The summed E-state index contributed by atoms with van der Waals surface area (Å²) in [6.45, 7) is 4.05. The number of Topliss-reactive ketones (excluding diaryl/α,β-unsaturated/α-hetero) is 2. The fraction of sp³-hybridized carbons (Fsp3) is 0.143. The first-order chi connectivity index (χ1) is 14.3. The third kappa shape index (κ3) is 2.66. The van der Waals surface area contributed by atoms with Gasteiger partial charge < -0.3 is 0 Å². The lowest BCUT2D eigenvalue weighted by Crippen LogP contribution is -2.02. The fourth-order valence-corrected chi connectivity index (χ4v) is 4.20. The number of fused-ring (bicyclic) bond motifs is 3. The fourth-order valence-electron chi connectivity index (χ4n) is 3.66. The summed E-state index contributed by atoms with van der Waals surface area (Å²) in [6, 6.07) is 3.25. The van der Waals surface area contributed by atoms with Gasteiger partial charge in [-0.1, -0.05) is 13.8 Å². The molecule has 2 heterocycles. The van der Waals surface area contributed by atoms with Crippen molar-refractivity contribution >= 4 is 51.4 Å². The molecule has 1 aliphatic carbocycles. The number of nitrogens with zero attached hydrogens (tertiary/aromatic N) is 4. The molecule has 0 aliphatic heterocycles. The molecule has 148 valence electrons. The average molecular weight is 422 g/mol. The first-order valence-electron chi connectivity index (χ1n) is 9.07. The van der Waals surface area contributed by atoms with Gasteiger partial charge in [-0.3, -0.25) is 14.6 Å². The van der Waals surface area contributed by atoms with Gasteiger partial charge in [-0.2, -0.15) is 8.75 Å². The molecular weight excluding hydrogens is 410 g/mol. The highest BCUT2D eigenvalue weighted by atomic mass is 32.1. The van der Waals surface area contributed by atoms with E-state index in [1.54, 1.807) is 6.07 Å². The summed E-state index contributed by atoms with van der Waals surface area (Å²) in [6.07, 6.45) is 2.75. The Bertz CT molecular complexity index is 1400. The minimum Gasteiger partial charge on any atom is -0.288 e. The molecular formula is C21H12F2N4O2S. The molecule has 0 atom stereocenters. The number of carbonyl (C=O) groups is 2. The first-order valence-corrected chi connectivity index (χ1v) is 9.80. The van der Waals surface area contributed by atoms with Gasteiger partial charge in [0.25, 0.3) is 0 Å². The number of ketones is 2. The summed E-state index contributed by atoms with van der Waals surface area (Å²) in [5.41, 5.74) is 3.39. The highest BCUT2D eigenvalue weighted by Gasteiger charge is 2.34. The molecule has 4 aromatic rings. The van der Waals surface area contributed by atoms with Crippen molar-refractivity contribution in [2.24, 2.45) is 0 Å². The van der Waals surface area contributed by atoms with E-state index in [-0.39, 0.29) is 28.3 Å². The molecule has 0 amide bonds. The predicted octanol–water partition coefficient (Wildman–Crippen LogP) is 4.50. The topological polar surface area (TPSA) is 85.7 Å². The summed E-state index contributed by atoms with van der Waals surface area (Å²) in [4.78, 5) is 34.2. The van der Waals surface area contributed by atoms with E-state index < -0.39 is 23.2 Å². The van der Waals surface area contributed by atoms with E-state index in [0.29, 0.717) is 16.6 Å². The van der Waals surface area contributed by atoms with Crippen LogP contribution < -0.4 is 0 Å². The van der Waals surface area contributed by atoms with Crippen LogP contribution in [0.5, 0.6) is 0 Å². The van der Waals surface area contributed by atoms with Gasteiger partial charge in [0.2, 0.25) is 0 Å². The van der Waals surface area contributed by atoms with Gasteiger partial charge in [-0.25, -0.2) is 13.8 Å². The lowest BCUT2D eigenvalue weighted by molar-refractivity contribution is 0.0990. The van der Waals surface area contributed by atoms with E-state index in [9.17, 15) is 18.4 Å². The highest BCUT2D eigenvalue weighted by Crippen LogP contribution is 2.32. The van der Waals surface area contributed by atoms with Crippen molar-refractivity contribution in [2.75, 3.05) is 0 Å². The molecule has 1 aliphatic rings. The number of carbonyl (C=O) groups excluding carboxylic acids is 2. The van der Waals surface area contributed by atoms with Crippen LogP contribution in [0.4, 0.5) is 8.78 Å². The van der Waals surface area contributed by atoms with Gasteiger partial charge >= 0.3 is 0 Å². The van der Waals surface area contributed by atoms with Gasteiger partial charge in [-0.15, -0.1) is 0 Å². The smallest absolute Gasteiger partial charge is 0.197 e. The van der Waals surface area contributed by atoms with E-state index in [1.807, 2.05) is 13.8 Å². The Kier molecular flexibility index (Phi) is 4.04. The largest absolute Gasteiger partial charge is 0.288 e. The van der Waals surface area contributed by atoms with E-state index in [4.69, 9.17) is 0 Å². The maximum atomic E-state index is 13.5. The number of hydrogen-bond acceptors (Lipinski definition) is 7. The molecule has 2 aromatic carbocycles. The zero-order valence-electron chi connectivity index (χ0n) is 15.7. The minimum atomic E-state index is -1.18. The van der Waals surface area contributed by atoms with Gasteiger partial charge in [-0.05, 0) is 30.2 Å². The maximum Gasteiger partial charge on any atom is 0.197 e. The molecule has 5 rings (SSSR count). The lowest BCUT2D eigenvalue weighted by Gasteiger charge is -2.09. The standard InChI is InChI=1S/C21H12F2N4O2S/c1-8(2)17-18-15(6-16-19(17)27-30-26-16)25-9(7-24-18)3-12-20(28)10-4-13(22)14(23)5-11(10)21(12)29/h3-8H,1-2H3. The van der Waals surface area contributed by atoms with Crippen LogP contribution in [0.2, 0.25) is 0 Å². The van der Waals surface area contributed by atoms with E-state index in [0.717, 1.165) is 34.9 Å². The van der Waals surface area contributed by atoms with Crippen LogP contribution in [-0.4, -0.2) is 30.3 Å². The maximum absolute atomic E-state index is 13.5. The Labute approximate surface area is 172 Å². The van der Waals surface area contributed by atoms with E-state index in [2.05, 4.69) is 18.7 Å². The van der Waals surface area contributed by atoms with Crippen molar-refractivity contribution in [1.82, 2.24) is 18.7 Å². The second kappa shape index (κ2) is 6.53. The molecule has 30 heavy (non-hydrogen) atoms. The second-order valence-corrected chi connectivity index (χ2v) is 7.80. The Morgan fingerprint density at radius 3 is 2.23 bits per heavy atom. The van der Waals surface area contributed by atoms with Crippen molar-refractivity contribution in [3.05, 3.63) is 64.0 Å². The molecule has 2 aromatic heterocycles. The van der Waals surface area contributed by atoms with Crippen LogP contribution in [0.25, 0.3) is 28.1 Å². The third-order valence-electron chi connectivity index (χ3n) is 5.02. The molecule has 0 spiro atoms. The molecule has 6 nitrogen and oxygen atoms in total. The van der Waals surface area contributed by atoms with Crippen molar-refractivity contribution in [3.8, 4) is 0 Å². The van der Waals surface area contributed by atoms with Gasteiger partial charge in [0.1, 0.15) is 11.0 Å². The summed E-state index contributed by atoms with van der Waals surface area (Å²) in [5.74, 6) is -3.56. The highest BCUT2D eigenvalue weighted by molar-refractivity contribution is 7.00. The molecule has 0 fully saturated rings. The molecule has 9 heteroatoms. The van der Waals surface area contributed by atoms with Crippen molar-refractivity contribution in [1.29, 1.82) is 0 Å². The van der Waals surface area contributed by atoms with Crippen molar-refractivity contribution in [2.45, 2.75) is 19.8 Å². The van der Waals surface area contributed by atoms with Gasteiger partial charge in [0.15, 0.2) is 23.2 Å². The first kappa shape index (κ1) is 18.6.